The largest absolute Gasteiger partial charge is 0.481 e. The van der Waals surface area contributed by atoms with E-state index < -0.39 is 17.9 Å². The van der Waals surface area contributed by atoms with Crippen molar-refractivity contribution in [3.63, 3.8) is 0 Å². The summed E-state index contributed by atoms with van der Waals surface area (Å²) >= 11 is 11.9. The first kappa shape index (κ1) is 22.3. The molecule has 0 aliphatic carbocycles. The zero-order valence-corrected chi connectivity index (χ0v) is 16.2. The van der Waals surface area contributed by atoms with Crippen molar-refractivity contribution in [3.8, 4) is 0 Å². The van der Waals surface area contributed by atoms with Gasteiger partial charge in [-0.25, -0.2) is 0 Å². The van der Waals surface area contributed by atoms with Gasteiger partial charge in [-0.05, 0) is 30.5 Å². The van der Waals surface area contributed by atoms with Gasteiger partial charge < -0.3 is 15.7 Å². The molecule has 1 atom stereocenters. The van der Waals surface area contributed by atoms with Gasteiger partial charge in [-0.3, -0.25) is 14.4 Å². The Morgan fingerprint density at radius 1 is 1.19 bits per heavy atom. The number of carbonyl (C=O) groups is 3. The van der Waals surface area contributed by atoms with Crippen LogP contribution in [0.5, 0.6) is 0 Å². The number of nitrogens with one attached hydrogen (secondary N) is 2. The minimum atomic E-state index is -1.02. The molecule has 0 unspecified atom stereocenters. The van der Waals surface area contributed by atoms with Crippen LogP contribution in [0.1, 0.15) is 44.6 Å². The van der Waals surface area contributed by atoms with Crippen LogP contribution in [-0.4, -0.2) is 35.5 Å². The van der Waals surface area contributed by atoms with E-state index in [0.29, 0.717) is 22.2 Å². The monoisotopic (exact) mass is 402 g/mol. The number of halogens is 2. The highest BCUT2D eigenvalue weighted by Gasteiger charge is 2.22. The van der Waals surface area contributed by atoms with Crippen LogP contribution in [-0.2, 0) is 20.8 Å². The maximum atomic E-state index is 12.3. The molecule has 0 spiro atoms. The van der Waals surface area contributed by atoms with E-state index >= 15 is 0 Å². The standard InChI is InChI=1S/C18H24Cl2N2O4/c1-2-3-4-9-21-18(26)15(7-8-17(24)25)22-16(23)10-12-5-6-13(19)11-14(12)20/h5-6,11,15H,2-4,7-10H2,1H3,(H,21,26)(H,22,23)(H,24,25)/t15-/m0/s1. The van der Waals surface area contributed by atoms with Crippen LogP contribution in [0, 0.1) is 0 Å². The van der Waals surface area contributed by atoms with Gasteiger partial charge in [0.1, 0.15) is 6.04 Å². The summed E-state index contributed by atoms with van der Waals surface area (Å²) in [5.41, 5.74) is 0.578. The van der Waals surface area contributed by atoms with Crippen LogP contribution >= 0.6 is 23.2 Å². The Kier molecular flexibility index (Phi) is 10.1. The maximum absolute atomic E-state index is 12.3. The number of aliphatic carboxylic acids is 1. The van der Waals surface area contributed by atoms with E-state index in [1.165, 1.54) is 6.07 Å². The van der Waals surface area contributed by atoms with E-state index in [2.05, 4.69) is 17.6 Å². The number of hydrogen-bond donors (Lipinski definition) is 3. The lowest BCUT2D eigenvalue weighted by Crippen LogP contribution is -2.47. The van der Waals surface area contributed by atoms with Gasteiger partial charge in [-0.2, -0.15) is 0 Å². The number of hydrogen-bond acceptors (Lipinski definition) is 3. The minimum Gasteiger partial charge on any atom is -0.481 e. The van der Waals surface area contributed by atoms with Gasteiger partial charge in [-0.1, -0.05) is 49.0 Å². The topological polar surface area (TPSA) is 95.5 Å². The van der Waals surface area contributed by atoms with Crippen molar-refractivity contribution in [2.75, 3.05) is 6.54 Å². The van der Waals surface area contributed by atoms with Gasteiger partial charge in [-0.15, -0.1) is 0 Å². The Balaban J connectivity index is 2.65. The third kappa shape index (κ3) is 8.54. The first-order chi connectivity index (χ1) is 12.3. The molecule has 0 saturated carbocycles. The molecule has 1 aromatic carbocycles. The molecule has 0 aliphatic rings. The van der Waals surface area contributed by atoms with E-state index in [1.807, 2.05) is 0 Å². The first-order valence-corrected chi connectivity index (χ1v) is 9.31. The molecule has 8 heteroatoms. The Morgan fingerprint density at radius 2 is 1.92 bits per heavy atom. The highest BCUT2D eigenvalue weighted by molar-refractivity contribution is 6.35. The second-order valence-electron chi connectivity index (χ2n) is 5.96. The zero-order valence-electron chi connectivity index (χ0n) is 14.7. The lowest BCUT2D eigenvalue weighted by molar-refractivity contribution is -0.138. The summed E-state index contributed by atoms with van der Waals surface area (Å²) in [6.45, 7) is 2.55. The van der Waals surface area contributed by atoms with Crippen LogP contribution < -0.4 is 10.6 Å². The van der Waals surface area contributed by atoms with Crippen molar-refractivity contribution in [1.82, 2.24) is 10.6 Å². The fourth-order valence-corrected chi connectivity index (χ4v) is 2.81. The van der Waals surface area contributed by atoms with Crippen molar-refractivity contribution in [3.05, 3.63) is 33.8 Å². The number of benzene rings is 1. The predicted molar refractivity (Wildman–Crippen MR) is 102 cm³/mol. The van der Waals surface area contributed by atoms with Crippen molar-refractivity contribution in [2.45, 2.75) is 51.5 Å². The van der Waals surface area contributed by atoms with Crippen LogP contribution in [0.15, 0.2) is 18.2 Å². The summed E-state index contributed by atoms with van der Waals surface area (Å²) in [7, 11) is 0. The Bertz CT molecular complexity index is 638. The maximum Gasteiger partial charge on any atom is 0.303 e. The summed E-state index contributed by atoms with van der Waals surface area (Å²) in [6, 6.07) is 3.90. The van der Waals surface area contributed by atoms with Crippen molar-refractivity contribution < 1.29 is 19.5 Å². The molecule has 0 saturated heterocycles. The summed E-state index contributed by atoms with van der Waals surface area (Å²) in [5.74, 6) is -1.81. The van der Waals surface area contributed by atoms with Crippen molar-refractivity contribution in [2.24, 2.45) is 0 Å². The highest BCUT2D eigenvalue weighted by atomic mass is 35.5. The first-order valence-electron chi connectivity index (χ1n) is 8.56. The van der Waals surface area contributed by atoms with Gasteiger partial charge in [0.15, 0.2) is 0 Å². The second kappa shape index (κ2) is 11.8. The fraction of sp³-hybridized carbons (Fsp3) is 0.500. The molecule has 144 valence electrons. The molecule has 0 bridgehead atoms. The molecule has 3 N–H and O–H groups in total. The Morgan fingerprint density at radius 3 is 2.54 bits per heavy atom. The summed E-state index contributed by atoms with van der Waals surface area (Å²) in [4.78, 5) is 35.3. The Labute approximate surface area is 163 Å². The molecule has 2 amide bonds. The molecular weight excluding hydrogens is 379 g/mol. The van der Waals surface area contributed by atoms with E-state index in [0.717, 1.165) is 19.3 Å². The third-order valence-electron chi connectivity index (χ3n) is 3.74. The van der Waals surface area contributed by atoms with Crippen molar-refractivity contribution in [1.29, 1.82) is 0 Å². The summed E-state index contributed by atoms with van der Waals surface area (Å²) in [6.07, 6.45) is 2.63. The summed E-state index contributed by atoms with van der Waals surface area (Å²) in [5, 5.41) is 15.0. The summed E-state index contributed by atoms with van der Waals surface area (Å²) < 4.78 is 0. The average Bonchev–Trinajstić information content (AvgIpc) is 2.57. The number of unbranched alkanes of at least 4 members (excludes halogenated alkanes) is 2. The van der Waals surface area contributed by atoms with Gasteiger partial charge in [0, 0.05) is 23.0 Å². The van der Waals surface area contributed by atoms with E-state index in [4.69, 9.17) is 28.3 Å². The van der Waals surface area contributed by atoms with Gasteiger partial charge in [0.2, 0.25) is 11.8 Å². The predicted octanol–water partition coefficient (Wildman–Crippen LogP) is 3.19. The smallest absolute Gasteiger partial charge is 0.303 e. The van der Waals surface area contributed by atoms with E-state index in [9.17, 15) is 14.4 Å². The lowest BCUT2D eigenvalue weighted by Gasteiger charge is -2.18. The van der Waals surface area contributed by atoms with Crippen molar-refractivity contribution >= 4 is 41.0 Å². The normalized spacial score (nSPS) is 11.7. The number of carbonyl (C=O) groups excluding carboxylic acids is 2. The molecule has 1 rings (SSSR count). The Hall–Kier alpha value is -1.79. The SMILES string of the molecule is CCCCCNC(=O)[C@H](CCC(=O)O)NC(=O)Cc1ccc(Cl)cc1Cl. The number of carboxylic acids is 1. The average molecular weight is 403 g/mol. The second-order valence-corrected chi connectivity index (χ2v) is 6.81. The third-order valence-corrected chi connectivity index (χ3v) is 4.33. The molecule has 0 fully saturated rings. The number of carboxylic acid groups (broad SMARTS) is 1. The molecule has 1 aromatic rings. The molecule has 0 aliphatic heterocycles. The van der Waals surface area contributed by atoms with Gasteiger partial charge >= 0.3 is 5.97 Å². The zero-order chi connectivity index (χ0) is 19.5. The molecule has 0 radical (unpaired) electrons. The minimum absolute atomic E-state index is 0.0229. The van der Waals surface area contributed by atoms with Gasteiger partial charge in [0.05, 0.1) is 6.42 Å². The van der Waals surface area contributed by atoms with Gasteiger partial charge in [0.25, 0.3) is 0 Å². The molecule has 6 nitrogen and oxygen atoms in total. The van der Waals surface area contributed by atoms with E-state index in [1.54, 1.807) is 12.1 Å². The fourth-order valence-electron chi connectivity index (χ4n) is 2.33. The van der Waals surface area contributed by atoms with Crippen LogP contribution in [0.3, 0.4) is 0 Å². The highest BCUT2D eigenvalue weighted by Crippen LogP contribution is 2.21. The number of rotatable bonds is 11. The quantitative estimate of drug-likeness (QED) is 0.495. The van der Waals surface area contributed by atoms with Crippen LogP contribution in [0.4, 0.5) is 0 Å². The lowest BCUT2D eigenvalue weighted by atomic mass is 10.1. The van der Waals surface area contributed by atoms with Crippen LogP contribution in [0.2, 0.25) is 10.0 Å². The number of amides is 2. The van der Waals surface area contributed by atoms with E-state index in [-0.39, 0.29) is 25.2 Å². The molecular formula is C18H24Cl2N2O4. The molecule has 0 heterocycles. The van der Waals surface area contributed by atoms with Crippen LogP contribution in [0.25, 0.3) is 0 Å². The molecule has 26 heavy (non-hydrogen) atoms. The molecule has 0 aromatic heterocycles.